The standard InChI is InChI=1S/C46H56N2P2Si3/c1-51(2,3)47-49(41-27-13-9-14-28-41,42-29-15-10-16-30-42)45-35-23-21-25-39(45)37-53(7,8)38-40-26-22-24-36-46(40)50(48-52(4,5)6,43-31-17-11-18-32-43)44-33-19-12-20-34-44/h9-36H,37-38H2,1-8H3. The van der Waals surface area contributed by atoms with E-state index < -0.39 is 38.7 Å². The molecule has 0 aliphatic heterocycles. The molecule has 2 nitrogen and oxygen atoms in total. The Labute approximate surface area is 323 Å². The molecule has 6 rings (SSSR count). The van der Waals surface area contributed by atoms with Crippen LogP contribution in [0.25, 0.3) is 0 Å². The predicted molar refractivity (Wildman–Crippen MR) is 247 cm³/mol. The zero-order valence-electron chi connectivity index (χ0n) is 32.9. The predicted octanol–water partition coefficient (Wildman–Crippen LogP) is 10.9. The van der Waals surface area contributed by atoms with Crippen LogP contribution in [-0.4, -0.2) is 24.5 Å². The van der Waals surface area contributed by atoms with Gasteiger partial charge in [0.25, 0.3) is 0 Å². The van der Waals surface area contributed by atoms with Crippen molar-refractivity contribution in [2.75, 3.05) is 0 Å². The van der Waals surface area contributed by atoms with Crippen LogP contribution in [0.1, 0.15) is 11.1 Å². The van der Waals surface area contributed by atoms with Crippen LogP contribution in [0.2, 0.25) is 52.4 Å². The molecule has 272 valence electrons. The van der Waals surface area contributed by atoms with Gasteiger partial charge in [0.2, 0.25) is 0 Å². The van der Waals surface area contributed by atoms with Crippen molar-refractivity contribution in [2.24, 2.45) is 8.82 Å². The number of rotatable bonds is 12. The Bertz CT molecular complexity index is 1990. The third-order valence-corrected chi connectivity index (χ3v) is 25.8. The van der Waals surface area contributed by atoms with Gasteiger partial charge >= 0.3 is 0 Å². The molecule has 0 saturated heterocycles. The van der Waals surface area contributed by atoms with E-state index >= 15 is 0 Å². The lowest BCUT2D eigenvalue weighted by Gasteiger charge is -2.35. The van der Waals surface area contributed by atoms with Crippen molar-refractivity contribution in [3.63, 3.8) is 0 Å². The minimum absolute atomic E-state index is 1.08. The average Bonchev–Trinajstić information content (AvgIpc) is 3.14. The summed E-state index contributed by atoms with van der Waals surface area (Å²) in [6, 6.07) is 65.6. The van der Waals surface area contributed by atoms with E-state index in [0.717, 1.165) is 12.1 Å². The molecule has 0 bridgehead atoms. The minimum Gasteiger partial charge on any atom is -0.325 e. The molecule has 0 heterocycles. The van der Waals surface area contributed by atoms with Crippen LogP contribution in [-0.2, 0) is 12.1 Å². The molecule has 0 radical (unpaired) electrons. The number of nitrogens with zero attached hydrogens (tertiary/aromatic N) is 2. The summed E-state index contributed by atoms with van der Waals surface area (Å²) in [7, 11) is -10.4. The third kappa shape index (κ3) is 8.88. The molecule has 0 aromatic heterocycles. The second-order valence-corrected chi connectivity index (χ2v) is 37.8. The van der Waals surface area contributed by atoms with Gasteiger partial charge < -0.3 is 8.82 Å². The van der Waals surface area contributed by atoms with Crippen molar-refractivity contribution in [3.05, 3.63) is 181 Å². The summed E-state index contributed by atoms with van der Waals surface area (Å²) in [5.41, 5.74) is 2.92. The van der Waals surface area contributed by atoms with Gasteiger partial charge in [-0.15, -0.1) is 0 Å². The van der Waals surface area contributed by atoms with Gasteiger partial charge in [-0.2, -0.15) is 0 Å². The van der Waals surface area contributed by atoms with E-state index in [9.17, 15) is 0 Å². The molecule has 6 aromatic rings. The molecule has 0 unspecified atom stereocenters. The summed E-state index contributed by atoms with van der Waals surface area (Å²) in [6.45, 7) is 19.6. The number of hydrogen-bond acceptors (Lipinski definition) is 2. The molecule has 7 heteroatoms. The van der Waals surface area contributed by atoms with Gasteiger partial charge in [-0.05, 0) is 44.4 Å². The molecular formula is C46H56N2P2Si3. The Balaban J connectivity index is 1.54. The summed E-state index contributed by atoms with van der Waals surface area (Å²) < 4.78 is 12.1. The normalized spacial score (nSPS) is 12.7. The molecule has 0 N–H and O–H groups in total. The van der Waals surface area contributed by atoms with E-state index in [1.54, 1.807) is 0 Å². The van der Waals surface area contributed by atoms with Crippen LogP contribution in [0.15, 0.2) is 179 Å². The fourth-order valence-corrected chi connectivity index (χ4v) is 26.6. The van der Waals surface area contributed by atoms with Gasteiger partial charge in [-0.3, -0.25) is 0 Å². The summed E-state index contributed by atoms with van der Waals surface area (Å²) in [4.78, 5) is 0. The lowest BCUT2D eigenvalue weighted by atomic mass is 10.2. The van der Waals surface area contributed by atoms with Crippen molar-refractivity contribution < 1.29 is 0 Å². The highest BCUT2D eigenvalue weighted by Gasteiger charge is 2.36. The zero-order chi connectivity index (χ0) is 37.7. The molecule has 0 atom stereocenters. The Morgan fingerprint density at radius 1 is 0.340 bits per heavy atom. The molecule has 53 heavy (non-hydrogen) atoms. The van der Waals surface area contributed by atoms with Crippen LogP contribution in [0.4, 0.5) is 0 Å². The van der Waals surface area contributed by atoms with Gasteiger partial charge in [0.05, 0.1) is 8.07 Å². The summed E-state index contributed by atoms with van der Waals surface area (Å²) in [5.74, 6) is 0. The average molecular weight is 783 g/mol. The number of benzene rings is 6. The van der Waals surface area contributed by atoms with Gasteiger partial charge in [0.1, 0.15) is 0 Å². The molecule has 0 fully saturated rings. The molecule has 0 aliphatic carbocycles. The van der Waals surface area contributed by atoms with E-state index in [0.29, 0.717) is 0 Å². The first kappa shape index (κ1) is 39.1. The molecule has 0 spiro atoms. The van der Waals surface area contributed by atoms with Crippen molar-refractivity contribution in [3.8, 4) is 0 Å². The smallest absolute Gasteiger partial charge is 0.171 e. The fraction of sp³-hybridized carbons (Fsp3) is 0.217. The van der Waals surface area contributed by atoms with Crippen LogP contribution >= 0.6 is 14.1 Å². The van der Waals surface area contributed by atoms with E-state index in [1.165, 1.54) is 43.0 Å². The summed E-state index contributed by atoms with van der Waals surface area (Å²) >= 11 is 0. The van der Waals surface area contributed by atoms with Crippen molar-refractivity contribution in [1.82, 2.24) is 0 Å². The SMILES string of the molecule is C[Si](C)(Cc1ccccc1P(=N[Si](C)(C)C)(c1ccccc1)c1ccccc1)Cc1ccccc1P(=N[Si](C)(C)C)(c1ccccc1)c1ccccc1. The quantitative estimate of drug-likeness (QED) is 0.0873. The first-order valence-corrected chi connectivity index (χ1v) is 32.7. The van der Waals surface area contributed by atoms with E-state index in [-0.39, 0.29) is 0 Å². The summed E-state index contributed by atoms with van der Waals surface area (Å²) in [6.07, 6.45) is 0. The van der Waals surface area contributed by atoms with Gasteiger partial charge in [0, 0.05) is 24.7 Å². The number of hydrogen-bond donors (Lipinski definition) is 0. The fourth-order valence-electron chi connectivity index (χ4n) is 7.71. The van der Waals surface area contributed by atoms with Crippen molar-refractivity contribution in [1.29, 1.82) is 0 Å². The van der Waals surface area contributed by atoms with E-state index in [1.807, 2.05) is 0 Å². The van der Waals surface area contributed by atoms with Gasteiger partial charge in [0.15, 0.2) is 16.5 Å². The molecular weight excluding hydrogens is 727 g/mol. The first-order chi connectivity index (χ1) is 25.2. The third-order valence-electron chi connectivity index (χ3n) is 9.44. The van der Waals surface area contributed by atoms with Crippen molar-refractivity contribution in [2.45, 2.75) is 64.5 Å². The Hall–Kier alpha value is -3.57. The topological polar surface area (TPSA) is 24.7 Å². The Kier molecular flexibility index (Phi) is 11.8. The zero-order valence-corrected chi connectivity index (χ0v) is 37.7. The van der Waals surface area contributed by atoms with E-state index in [2.05, 4.69) is 222 Å². The molecule has 6 aromatic carbocycles. The molecule has 0 amide bonds. The van der Waals surface area contributed by atoms with Crippen LogP contribution in [0, 0.1) is 0 Å². The lowest BCUT2D eigenvalue weighted by Crippen LogP contribution is -2.39. The maximum Gasteiger partial charge on any atom is 0.171 e. The van der Waals surface area contributed by atoms with Crippen LogP contribution in [0.3, 0.4) is 0 Å². The monoisotopic (exact) mass is 782 g/mol. The highest BCUT2D eigenvalue weighted by atomic mass is 31.2. The Morgan fingerprint density at radius 2 is 0.585 bits per heavy atom. The second kappa shape index (κ2) is 16.0. The van der Waals surface area contributed by atoms with Crippen LogP contribution in [0.5, 0.6) is 0 Å². The van der Waals surface area contributed by atoms with Crippen LogP contribution < -0.4 is 31.8 Å². The largest absolute Gasteiger partial charge is 0.325 e. The minimum atomic E-state index is -2.32. The summed E-state index contributed by atoms with van der Waals surface area (Å²) in [5, 5.41) is 8.24. The van der Waals surface area contributed by atoms with Gasteiger partial charge in [-0.25, -0.2) is 0 Å². The van der Waals surface area contributed by atoms with E-state index in [4.69, 9.17) is 8.82 Å². The molecule has 0 saturated carbocycles. The Morgan fingerprint density at radius 3 is 0.849 bits per heavy atom. The molecule has 0 aliphatic rings. The maximum atomic E-state index is 6.03. The lowest BCUT2D eigenvalue weighted by molar-refractivity contribution is 1.22. The second-order valence-electron chi connectivity index (χ2n) is 16.9. The highest BCUT2D eigenvalue weighted by molar-refractivity contribution is 7.88. The van der Waals surface area contributed by atoms with Crippen molar-refractivity contribution >= 4 is 70.5 Å². The van der Waals surface area contributed by atoms with Gasteiger partial charge in [-0.1, -0.05) is 222 Å². The maximum absolute atomic E-state index is 6.03. The highest BCUT2D eigenvalue weighted by Crippen LogP contribution is 2.51. The first-order valence-electron chi connectivity index (χ1n) is 18.9.